The average molecular weight is 458 g/mol. The molecule has 0 unspecified atom stereocenters. The highest BCUT2D eigenvalue weighted by Crippen LogP contribution is 2.20. The average Bonchev–Trinajstić information content (AvgIpc) is 2.48. The molecular formula is C17H19IN2O3S. The number of halogens is 1. The minimum absolute atomic E-state index is 0.271. The molecule has 0 bridgehead atoms. The Morgan fingerprint density at radius 1 is 1.12 bits per heavy atom. The molecule has 0 atom stereocenters. The Kier molecular flexibility index (Phi) is 5.87. The van der Waals surface area contributed by atoms with Gasteiger partial charge in [0.05, 0.1) is 11.9 Å². The number of hydrogen-bond acceptors (Lipinski definition) is 3. The van der Waals surface area contributed by atoms with Crippen LogP contribution in [0.4, 0.5) is 11.4 Å². The topological polar surface area (TPSA) is 66.5 Å². The summed E-state index contributed by atoms with van der Waals surface area (Å²) < 4.78 is 26.2. The molecule has 1 amide bonds. The number of carbonyl (C=O) groups excluding carboxylic acids is 1. The predicted octanol–water partition coefficient (Wildman–Crippen LogP) is 3.31. The molecule has 5 nitrogen and oxygen atoms in total. The van der Waals surface area contributed by atoms with Crippen molar-refractivity contribution >= 4 is 49.9 Å². The first-order valence-corrected chi connectivity index (χ1v) is 10.2. The van der Waals surface area contributed by atoms with E-state index >= 15 is 0 Å². The highest BCUT2D eigenvalue weighted by Gasteiger charge is 2.21. The van der Waals surface area contributed by atoms with Gasteiger partial charge in [0.1, 0.15) is 6.54 Å². The molecule has 0 fully saturated rings. The lowest BCUT2D eigenvalue weighted by molar-refractivity contribution is -0.114. The SMILES string of the molecule is Cc1ccc(C)c(NC(=O)CN(c2ccc(I)cc2)S(C)(=O)=O)c1. The van der Waals surface area contributed by atoms with Gasteiger partial charge in [-0.2, -0.15) is 0 Å². The Hall–Kier alpha value is -1.61. The Morgan fingerprint density at radius 2 is 1.75 bits per heavy atom. The minimum Gasteiger partial charge on any atom is -0.324 e. The van der Waals surface area contributed by atoms with Gasteiger partial charge >= 0.3 is 0 Å². The molecule has 0 aromatic heterocycles. The first kappa shape index (κ1) is 18.7. The molecule has 0 aliphatic rings. The fraction of sp³-hybridized carbons (Fsp3) is 0.235. The zero-order valence-electron chi connectivity index (χ0n) is 13.7. The van der Waals surface area contributed by atoms with Crippen LogP contribution in [0.1, 0.15) is 11.1 Å². The van der Waals surface area contributed by atoms with Crippen LogP contribution in [-0.4, -0.2) is 27.1 Å². The van der Waals surface area contributed by atoms with Gasteiger partial charge in [-0.05, 0) is 77.9 Å². The fourth-order valence-electron chi connectivity index (χ4n) is 2.20. The third kappa shape index (κ3) is 4.94. The van der Waals surface area contributed by atoms with E-state index in [0.717, 1.165) is 25.3 Å². The molecule has 0 aliphatic carbocycles. The van der Waals surface area contributed by atoms with Crippen LogP contribution in [0, 0.1) is 17.4 Å². The molecule has 0 aliphatic heterocycles. The van der Waals surface area contributed by atoms with Gasteiger partial charge in [-0.1, -0.05) is 12.1 Å². The number of amides is 1. The molecule has 128 valence electrons. The van der Waals surface area contributed by atoms with Crippen LogP contribution in [0.2, 0.25) is 0 Å². The van der Waals surface area contributed by atoms with Crippen molar-refractivity contribution in [2.24, 2.45) is 0 Å². The number of rotatable bonds is 5. The normalized spacial score (nSPS) is 11.2. The standard InChI is InChI=1S/C17H19IN2O3S/c1-12-4-5-13(2)16(10-12)19-17(21)11-20(24(3,22)23)15-8-6-14(18)7-9-15/h4-10H,11H2,1-3H3,(H,19,21). The maximum absolute atomic E-state index is 12.4. The number of anilines is 2. The van der Waals surface area contributed by atoms with E-state index in [-0.39, 0.29) is 12.5 Å². The van der Waals surface area contributed by atoms with E-state index in [0.29, 0.717) is 11.4 Å². The number of sulfonamides is 1. The Labute approximate surface area is 156 Å². The van der Waals surface area contributed by atoms with E-state index in [4.69, 9.17) is 0 Å². The third-order valence-electron chi connectivity index (χ3n) is 3.47. The van der Waals surface area contributed by atoms with Crippen LogP contribution in [0.15, 0.2) is 42.5 Å². The van der Waals surface area contributed by atoms with Crippen LogP contribution in [0.3, 0.4) is 0 Å². The number of carbonyl (C=O) groups is 1. The zero-order chi connectivity index (χ0) is 17.9. The van der Waals surface area contributed by atoms with Crippen LogP contribution < -0.4 is 9.62 Å². The number of aryl methyl sites for hydroxylation is 2. The summed E-state index contributed by atoms with van der Waals surface area (Å²) in [4.78, 5) is 12.4. The maximum Gasteiger partial charge on any atom is 0.245 e. The Morgan fingerprint density at radius 3 is 2.33 bits per heavy atom. The molecular weight excluding hydrogens is 439 g/mol. The monoisotopic (exact) mass is 458 g/mol. The molecule has 24 heavy (non-hydrogen) atoms. The van der Waals surface area contributed by atoms with Crippen LogP contribution in [0.5, 0.6) is 0 Å². The van der Waals surface area contributed by atoms with Gasteiger partial charge in [0.25, 0.3) is 0 Å². The second-order valence-corrected chi connectivity index (χ2v) is 8.77. The maximum atomic E-state index is 12.4. The van der Waals surface area contributed by atoms with E-state index in [1.807, 2.05) is 32.0 Å². The molecule has 2 aromatic carbocycles. The Balaban J connectivity index is 2.22. The molecule has 0 spiro atoms. The van der Waals surface area contributed by atoms with Crippen molar-refractivity contribution in [2.75, 3.05) is 22.4 Å². The van der Waals surface area contributed by atoms with Crippen molar-refractivity contribution in [2.45, 2.75) is 13.8 Å². The van der Waals surface area contributed by atoms with Gasteiger partial charge in [-0.15, -0.1) is 0 Å². The quantitative estimate of drug-likeness (QED) is 0.700. The van der Waals surface area contributed by atoms with Gasteiger partial charge in [-0.3, -0.25) is 9.10 Å². The minimum atomic E-state index is -3.57. The number of nitrogens with one attached hydrogen (secondary N) is 1. The summed E-state index contributed by atoms with van der Waals surface area (Å²) in [7, 11) is -3.57. The number of benzene rings is 2. The van der Waals surface area contributed by atoms with Crippen LogP contribution in [-0.2, 0) is 14.8 Å². The van der Waals surface area contributed by atoms with Gasteiger partial charge in [-0.25, -0.2) is 8.42 Å². The number of hydrogen-bond donors (Lipinski definition) is 1. The predicted molar refractivity (Wildman–Crippen MR) is 106 cm³/mol. The molecule has 2 rings (SSSR count). The van der Waals surface area contributed by atoms with Crippen molar-refractivity contribution in [1.29, 1.82) is 0 Å². The van der Waals surface area contributed by atoms with Gasteiger partial charge in [0, 0.05) is 9.26 Å². The smallest absolute Gasteiger partial charge is 0.245 e. The van der Waals surface area contributed by atoms with E-state index < -0.39 is 10.0 Å². The zero-order valence-corrected chi connectivity index (χ0v) is 16.7. The van der Waals surface area contributed by atoms with E-state index in [1.165, 1.54) is 0 Å². The van der Waals surface area contributed by atoms with Gasteiger partial charge < -0.3 is 5.32 Å². The summed E-state index contributed by atoms with van der Waals surface area (Å²) in [5.74, 6) is -0.382. The summed E-state index contributed by atoms with van der Waals surface area (Å²) in [5.41, 5.74) is 3.10. The summed E-state index contributed by atoms with van der Waals surface area (Å²) in [6, 6.07) is 12.7. The number of nitrogens with zero attached hydrogens (tertiary/aromatic N) is 1. The van der Waals surface area contributed by atoms with Crippen molar-refractivity contribution in [3.8, 4) is 0 Å². The van der Waals surface area contributed by atoms with Crippen molar-refractivity contribution < 1.29 is 13.2 Å². The van der Waals surface area contributed by atoms with E-state index in [9.17, 15) is 13.2 Å². The highest BCUT2D eigenvalue weighted by molar-refractivity contribution is 14.1. The molecule has 7 heteroatoms. The largest absolute Gasteiger partial charge is 0.324 e. The van der Waals surface area contributed by atoms with E-state index in [2.05, 4.69) is 27.9 Å². The lowest BCUT2D eigenvalue weighted by atomic mass is 10.1. The first-order valence-electron chi connectivity index (χ1n) is 7.27. The lowest BCUT2D eigenvalue weighted by Gasteiger charge is -2.22. The molecule has 0 saturated carbocycles. The van der Waals surface area contributed by atoms with Crippen molar-refractivity contribution in [1.82, 2.24) is 0 Å². The third-order valence-corrected chi connectivity index (χ3v) is 5.33. The van der Waals surface area contributed by atoms with Crippen LogP contribution >= 0.6 is 22.6 Å². The van der Waals surface area contributed by atoms with Gasteiger partial charge in [0.15, 0.2) is 0 Å². The summed E-state index contributed by atoms with van der Waals surface area (Å²) >= 11 is 2.14. The second kappa shape index (κ2) is 7.52. The molecule has 1 N–H and O–H groups in total. The molecule has 0 radical (unpaired) electrons. The second-order valence-electron chi connectivity index (χ2n) is 5.61. The molecule has 0 saturated heterocycles. The van der Waals surface area contributed by atoms with Gasteiger partial charge in [0.2, 0.25) is 15.9 Å². The fourth-order valence-corrected chi connectivity index (χ4v) is 3.41. The Bertz CT molecular complexity index is 849. The highest BCUT2D eigenvalue weighted by atomic mass is 127. The van der Waals surface area contributed by atoms with Crippen LogP contribution in [0.25, 0.3) is 0 Å². The molecule has 0 heterocycles. The summed E-state index contributed by atoms with van der Waals surface area (Å²) in [6.45, 7) is 3.55. The first-order chi connectivity index (χ1) is 11.2. The summed E-state index contributed by atoms with van der Waals surface area (Å²) in [6.07, 6.45) is 1.09. The van der Waals surface area contributed by atoms with Crippen molar-refractivity contribution in [3.63, 3.8) is 0 Å². The van der Waals surface area contributed by atoms with Crippen molar-refractivity contribution in [3.05, 3.63) is 57.2 Å². The van der Waals surface area contributed by atoms with E-state index in [1.54, 1.807) is 24.3 Å². The summed E-state index contributed by atoms with van der Waals surface area (Å²) in [5, 5.41) is 2.79. The molecule has 2 aromatic rings. The lowest BCUT2D eigenvalue weighted by Crippen LogP contribution is -2.37.